The van der Waals surface area contributed by atoms with Crippen LogP contribution in [0.25, 0.3) is 21.8 Å². The molecule has 0 bridgehead atoms. The normalized spacial score (nSPS) is 11.1. The number of pyridine rings is 1. The van der Waals surface area contributed by atoms with Crippen LogP contribution in [0.4, 0.5) is 5.82 Å². The van der Waals surface area contributed by atoms with E-state index in [0.717, 1.165) is 33.3 Å². The van der Waals surface area contributed by atoms with Crippen LogP contribution in [0.5, 0.6) is 0 Å². The van der Waals surface area contributed by atoms with E-state index < -0.39 is 0 Å². The van der Waals surface area contributed by atoms with Crippen LogP contribution in [0.2, 0.25) is 5.02 Å². The Morgan fingerprint density at radius 1 is 1.09 bits per heavy atom. The number of halogens is 1. The highest BCUT2D eigenvalue weighted by Crippen LogP contribution is 2.22. The number of hydrogen-bond donors (Lipinski definition) is 2. The van der Waals surface area contributed by atoms with Crippen LogP contribution < -0.4 is 5.32 Å². The van der Waals surface area contributed by atoms with Crippen LogP contribution in [0.3, 0.4) is 0 Å². The predicted octanol–water partition coefficient (Wildman–Crippen LogP) is 3.17. The lowest BCUT2D eigenvalue weighted by molar-refractivity contribution is 0.987. The average molecular weight is 311 g/mol. The second kappa shape index (κ2) is 5.23. The molecule has 3 aromatic heterocycles. The maximum Gasteiger partial charge on any atom is 0.137 e. The van der Waals surface area contributed by atoms with E-state index in [4.69, 9.17) is 11.6 Å². The molecule has 4 aromatic rings. The minimum absolute atomic E-state index is 0.561. The first-order chi connectivity index (χ1) is 10.8. The molecule has 0 amide bonds. The third kappa shape index (κ3) is 2.23. The van der Waals surface area contributed by atoms with Crippen LogP contribution in [0, 0.1) is 0 Å². The Morgan fingerprint density at radius 2 is 2.05 bits per heavy atom. The van der Waals surface area contributed by atoms with Crippen molar-refractivity contribution in [3.8, 4) is 0 Å². The Morgan fingerprint density at radius 3 is 3.00 bits per heavy atom. The molecule has 2 N–H and O–H groups in total. The van der Waals surface area contributed by atoms with Crippen LogP contribution in [0.15, 0.2) is 43.0 Å². The molecule has 7 heteroatoms. The Kier molecular flexibility index (Phi) is 3.08. The molecule has 0 aliphatic rings. The van der Waals surface area contributed by atoms with Crippen LogP contribution >= 0.6 is 11.6 Å². The molecule has 0 atom stereocenters. The summed E-state index contributed by atoms with van der Waals surface area (Å²) < 4.78 is 0. The third-order valence-corrected chi connectivity index (χ3v) is 3.70. The molecule has 0 unspecified atom stereocenters. The molecule has 0 spiro atoms. The van der Waals surface area contributed by atoms with E-state index in [1.807, 2.05) is 24.3 Å². The Labute approximate surface area is 130 Å². The van der Waals surface area contributed by atoms with Gasteiger partial charge in [0.1, 0.15) is 12.1 Å². The summed E-state index contributed by atoms with van der Waals surface area (Å²) in [6.07, 6.45) is 4.96. The average Bonchev–Trinajstić information content (AvgIpc) is 2.95. The summed E-state index contributed by atoms with van der Waals surface area (Å²) in [4.78, 5) is 12.6. The molecular formula is C15H11ClN6. The van der Waals surface area contributed by atoms with Crippen LogP contribution in [-0.2, 0) is 6.54 Å². The van der Waals surface area contributed by atoms with E-state index in [9.17, 15) is 0 Å². The molecule has 0 fully saturated rings. The number of rotatable bonds is 3. The van der Waals surface area contributed by atoms with Gasteiger partial charge in [0.2, 0.25) is 0 Å². The van der Waals surface area contributed by atoms with Gasteiger partial charge in [-0.1, -0.05) is 11.6 Å². The van der Waals surface area contributed by atoms with Gasteiger partial charge in [0.25, 0.3) is 0 Å². The Balaban J connectivity index is 1.67. The SMILES string of the molecule is Clc1ccc2n[nH]c(CNc3ncnc4cnccc34)c2c1. The van der Waals surface area contributed by atoms with Gasteiger partial charge < -0.3 is 5.32 Å². The highest BCUT2D eigenvalue weighted by molar-refractivity contribution is 6.31. The number of benzene rings is 1. The molecular weight excluding hydrogens is 300 g/mol. The van der Waals surface area contributed by atoms with E-state index in [1.165, 1.54) is 6.33 Å². The minimum Gasteiger partial charge on any atom is -0.364 e. The maximum atomic E-state index is 6.05. The van der Waals surface area contributed by atoms with Gasteiger partial charge in [0, 0.05) is 22.0 Å². The van der Waals surface area contributed by atoms with Crippen molar-refractivity contribution < 1.29 is 0 Å². The molecule has 108 valence electrons. The number of H-pyrrole nitrogens is 1. The summed E-state index contributed by atoms with van der Waals surface area (Å²) in [5, 5.41) is 13.2. The first-order valence-electron chi connectivity index (χ1n) is 6.72. The molecule has 3 heterocycles. The summed E-state index contributed by atoms with van der Waals surface area (Å²) in [5.41, 5.74) is 2.65. The summed E-state index contributed by atoms with van der Waals surface area (Å²) in [6.45, 7) is 0.561. The fraction of sp³-hybridized carbons (Fsp3) is 0.0667. The fourth-order valence-electron chi connectivity index (χ4n) is 2.39. The van der Waals surface area contributed by atoms with Crippen molar-refractivity contribution in [3.63, 3.8) is 0 Å². The van der Waals surface area contributed by atoms with Crippen LogP contribution in [0.1, 0.15) is 5.69 Å². The molecule has 22 heavy (non-hydrogen) atoms. The number of nitrogens with zero attached hydrogens (tertiary/aromatic N) is 4. The van der Waals surface area contributed by atoms with Gasteiger partial charge in [-0.05, 0) is 24.3 Å². The lowest BCUT2D eigenvalue weighted by Crippen LogP contribution is -2.03. The number of aromatic amines is 1. The largest absolute Gasteiger partial charge is 0.364 e. The zero-order valence-electron chi connectivity index (χ0n) is 11.4. The summed E-state index contributed by atoms with van der Waals surface area (Å²) >= 11 is 6.05. The van der Waals surface area contributed by atoms with E-state index in [0.29, 0.717) is 11.6 Å². The second-order valence-corrected chi connectivity index (χ2v) is 5.27. The predicted molar refractivity (Wildman–Crippen MR) is 85.8 cm³/mol. The number of hydrogen-bond acceptors (Lipinski definition) is 5. The van der Waals surface area contributed by atoms with Crippen molar-refractivity contribution >= 4 is 39.2 Å². The Bertz CT molecular complexity index is 959. The number of fused-ring (bicyclic) bond motifs is 2. The van der Waals surface area contributed by atoms with Gasteiger partial charge in [-0.3, -0.25) is 10.1 Å². The van der Waals surface area contributed by atoms with E-state index in [-0.39, 0.29) is 0 Å². The zero-order chi connectivity index (χ0) is 14.9. The molecule has 0 aliphatic heterocycles. The van der Waals surface area contributed by atoms with Gasteiger partial charge in [0.15, 0.2) is 0 Å². The van der Waals surface area contributed by atoms with Gasteiger partial charge in [0.05, 0.1) is 29.5 Å². The second-order valence-electron chi connectivity index (χ2n) is 4.83. The number of anilines is 1. The first kappa shape index (κ1) is 13.0. The van der Waals surface area contributed by atoms with Crippen molar-refractivity contribution in [3.05, 3.63) is 53.7 Å². The van der Waals surface area contributed by atoms with Crippen molar-refractivity contribution in [2.24, 2.45) is 0 Å². The van der Waals surface area contributed by atoms with Gasteiger partial charge in [-0.25, -0.2) is 9.97 Å². The van der Waals surface area contributed by atoms with Gasteiger partial charge in [-0.15, -0.1) is 0 Å². The topological polar surface area (TPSA) is 79.4 Å². The van der Waals surface area contributed by atoms with Crippen LogP contribution in [-0.4, -0.2) is 25.1 Å². The summed E-state index contributed by atoms with van der Waals surface area (Å²) in [7, 11) is 0. The summed E-state index contributed by atoms with van der Waals surface area (Å²) in [6, 6.07) is 7.51. The molecule has 0 saturated heterocycles. The smallest absolute Gasteiger partial charge is 0.137 e. The first-order valence-corrected chi connectivity index (χ1v) is 7.10. The molecule has 1 aromatic carbocycles. The molecule has 0 saturated carbocycles. The lowest BCUT2D eigenvalue weighted by Gasteiger charge is -2.07. The van der Waals surface area contributed by atoms with Crippen molar-refractivity contribution in [1.29, 1.82) is 0 Å². The highest BCUT2D eigenvalue weighted by Gasteiger charge is 2.08. The monoisotopic (exact) mass is 310 g/mol. The zero-order valence-corrected chi connectivity index (χ0v) is 12.2. The fourth-order valence-corrected chi connectivity index (χ4v) is 2.56. The molecule has 0 radical (unpaired) electrons. The quantitative estimate of drug-likeness (QED) is 0.607. The standard InChI is InChI=1S/C15H11ClN6/c16-9-1-2-12-11(5-9)14(22-21-12)7-18-15-10-3-4-17-6-13(10)19-8-20-15/h1-6,8H,7H2,(H,21,22)(H,18,19,20). The van der Waals surface area contributed by atoms with Gasteiger partial charge >= 0.3 is 0 Å². The lowest BCUT2D eigenvalue weighted by atomic mass is 10.2. The minimum atomic E-state index is 0.561. The van der Waals surface area contributed by atoms with Crippen molar-refractivity contribution in [2.75, 3.05) is 5.32 Å². The molecule has 6 nitrogen and oxygen atoms in total. The third-order valence-electron chi connectivity index (χ3n) is 3.47. The van der Waals surface area contributed by atoms with Crippen molar-refractivity contribution in [2.45, 2.75) is 6.54 Å². The molecule has 4 rings (SSSR count). The Hall–Kier alpha value is -2.73. The van der Waals surface area contributed by atoms with Gasteiger partial charge in [-0.2, -0.15) is 5.10 Å². The molecule has 0 aliphatic carbocycles. The van der Waals surface area contributed by atoms with Crippen molar-refractivity contribution in [1.82, 2.24) is 25.1 Å². The maximum absolute atomic E-state index is 6.05. The number of aromatic nitrogens is 5. The van der Waals surface area contributed by atoms with E-state index in [1.54, 1.807) is 12.4 Å². The number of nitrogens with one attached hydrogen (secondary N) is 2. The summed E-state index contributed by atoms with van der Waals surface area (Å²) in [5.74, 6) is 0.761. The van der Waals surface area contributed by atoms with E-state index in [2.05, 4.69) is 30.5 Å². The highest BCUT2D eigenvalue weighted by atomic mass is 35.5. The van der Waals surface area contributed by atoms with E-state index >= 15 is 0 Å².